The van der Waals surface area contributed by atoms with Crippen LogP contribution in [0.2, 0.25) is 0 Å². The van der Waals surface area contributed by atoms with Crippen molar-refractivity contribution in [3.8, 4) is 11.5 Å². The van der Waals surface area contributed by atoms with E-state index in [2.05, 4.69) is 31.3 Å². The molecule has 0 radical (unpaired) electrons. The molecule has 1 aliphatic heterocycles. The average molecular weight is 275 g/mol. The Bertz CT molecular complexity index is 460. The van der Waals surface area contributed by atoms with Gasteiger partial charge in [0.15, 0.2) is 11.5 Å². The molecule has 3 rings (SSSR count). The van der Waals surface area contributed by atoms with Crippen LogP contribution in [0.4, 0.5) is 0 Å². The Kier molecular flexibility index (Phi) is 4.16. The molecule has 1 saturated carbocycles. The van der Waals surface area contributed by atoms with Gasteiger partial charge in [0.05, 0.1) is 0 Å². The molecular formula is C17H25NO2. The second kappa shape index (κ2) is 6.04. The first-order valence-corrected chi connectivity index (χ1v) is 7.92. The quantitative estimate of drug-likeness (QED) is 0.909. The van der Waals surface area contributed by atoms with Crippen LogP contribution in [0.3, 0.4) is 0 Å². The zero-order valence-corrected chi connectivity index (χ0v) is 12.5. The molecule has 1 heterocycles. The standard InChI is InChI=1S/C17H25NO2/c1-3-13-4-6-15(10-13)18-12(2)14-5-7-16-17(11-14)20-9-8-19-16/h5,7,11-13,15,18H,3-4,6,8-10H2,1-2H3. The lowest BCUT2D eigenvalue weighted by molar-refractivity contribution is 0.171. The maximum absolute atomic E-state index is 5.67. The van der Waals surface area contributed by atoms with Crippen molar-refractivity contribution in [2.45, 2.75) is 51.6 Å². The minimum absolute atomic E-state index is 0.367. The lowest BCUT2D eigenvalue weighted by atomic mass is 10.0. The van der Waals surface area contributed by atoms with E-state index in [1.54, 1.807) is 0 Å². The third-order valence-corrected chi connectivity index (χ3v) is 4.67. The van der Waals surface area contributed by atoms with E-state index in [0.29, 0.717) is 25.3 Å². The highest BCUT2D eigenvalue weighted by Gasteiger charge is 2.25. The molecule has 0 bridgehead atoms. The summed E-state index contributed by atoms with van der Waals surface area (Å²) in [6, 6.07) is 7.34. The molecule has 3 atom stereocenters. The molecule has 0 saturated heterocycles. The Morgan fingerprint density at radius 3 is 2.75 bits per heavy atom. The van der Waals surface area contributed by atoms with E-state index in [-0.39, 0.29) is 0 Å². The van der Waals surface area contributed by atoms with E-state index in [4.69, 9.17) is 9.47 Å². The Morgan fingerprint density at radius 1 is 1.20 bits per heavy atom. The predicted molar refractivity (Wildman–Crippen MR) is 80.4 cm³/mol. The summed E-state index contributed by atoms with van der Waals surface area (Å²) in [5, 5.41) is 3.77. The maximum atomic E-state index is 5.67. The van der Waals surface area contributed by atoms with Gasteiger partial charge < -0.3 is 14.8 Å². The van der Waals surface area contributed by atoms with Gasteiger partial charge >= 0.3 is 0 Å². The molecule has 1 aromatic rings. The van der Waals surface area contributed by atoms with Crippen molar-refractivity contribution in [2.75, 3.05) is 13.2 Å². The van der Waals surface area contributed by atoms with Crippen molar-refractivity contribution >= 4 is 0 Å². The first-order chi connectivity index (χ1) is 9.76. The predicted octanol–water partition coefficient (Wildman–Crippen LogP) is 3.69. The monoisotopic (exact) mass is 275 g/mol. The van der Waals surface area contributed by atoms with Crippen molar-refractivity contribution < 1.29 is 9.47 Å². The highest BCUT2D eigenvalue weighted by molar-refractivity contribution is 5.44. The van der Waals surface area contributed by atoms with Crippen LogP contribution >= 0.6 is 0 Å². The van der Waals surface area contributed by atoms with Crippen LogP contribution in [0.25, 0.3) is 0 Å². The van der Waals surface area contributed by atoms with E-state index in [1.165, 1.54) is 31.2 Å². The Balaban J connectivity index is 1.63. The van der Waals surface area contributed by atoms with Crippen LogP contribution in [-0.4, -0.2) is 19.3 Å². The fourth-order valence-corrected chi connectivity index (χ4v) is 3.38. The van der Waals surface area contributed by atoms with Crippen LogP contribution in [0.1, 0.15) is 51.1 Å². The van der Waals surface area contributed by atoms with Crippen LogP contribution < -0.4 is 14.8 Å². The fraction of sp³-hybridized carbons (Fsp3) is 0.647. The molecule has 3 unspecified atom stereocenters. The molecule has 110 valence electrons. The van der Waals surface area contributed by atoms with Crippen LogP contribution in [0.5, 0.6) is 11.5 Å². The van der Waals surface area contributed by atoms with Crippen molar-refractivity contribution in [1.82, 2.24) is 5.32 Å². The number of ether oxygens (including phenoxy) is 2. The number of hydrogen-bond acceptors (Lipinski definition) is 3. The second-order valence-electron chi connectivity index (χ2n) is 6.08. The highest BCUT2D eigenvalue weighted by atomic mass is 16.6. The lowest BCUT2D eigenvalue weighted by Gasteiger charge is -2.23. The zero-order chi connectivity index (χ0) is 13.9. The van der Waals surface area contributed by atoms with Gasteiger partial charge in [0, 0.05) is 12.1 Å². The van der Waals surface area contributed by atoms with Gasteiger partial charge in [-0.05, 0) is 49.8 Å². The summed E-state index contributed by atoms with van der Waals surface area (Å²) in [4.78, 5) is 0. The Morgan fingerprint density at radius 2 is 2.00 bits per heavy atom. The molecule has 3 heteroatoms. The zero-order valence-electron chi connectivity index (χ0n) is 12.5. The van der Waals surface area contributed by atoms with Gasteiger partial charge in [-0.3, -0.25) is 0 Å². The van der Waals surface area contributed by atoms with Gasteiger partial charge in [-0.25, -0.2) is 0 Å². The number of rotatable bonds is 4. The third-order valence-electron chi connectivity index (χ3n) is 4.67. The molecule has 1 fully saturated rings. The minimum atomic E-state index is 0.367. The number of hydrogen-bond donors (Lipinski definition) is 1. The number of nitrogens with one attached hydrogen (secondary N) is 1. The topological polar surface area (TPSA) is 30.5 Å². The summed E-state index contributed by atoms with van der Waals surface area (Å²) in [6.45, 7) is 5.85. The van der Waals surface area contributed by atoms with Gasteiger partial charge in [-0.15, -0.1) is 0 Å². The van der Waals surface area contributed by atoms with E-state index < -0.39 is 0 Å². The molecule has 20 heavy (non-hydrogen) atoms. The Labute approximate surface area is 121 Å². The first kappa shape index (κ1) is 13.7. The van der Waals surface area contributed by atoms with Gasteiger partial charge in [-0.1, -0.05) is 19.4 Å². The van der Waals surface area contributed by atoms with E-state index in [1.807, 2.05) is 6.07 Å². The summed E-state index contributed by atoms with van der Waals surface area (Å²) in [6.07, 6.45) is 5.33. The number of benzene rings is 1. The largest absolute Gasteiger partial charge is 0.486 e. The summed E-state index contributed by atoms with van der Waals surface area (Å²) in [7, 11) is 0. The Hall–Kier alpha value is -1.22. The van der Waals surface area contributed by atoms with Crippen molar-refractivity contribution in [2.24, 2.45) is 5.92 Å². The van der Waals surface area contributed by atoms with Gasteiger partial charge in [-0.2, -0.15) is 0 Å². The van der Waals surface area contributed by atoms with Crippen LogP contribution in [-0.2, 0) is 0 Å². The van der Waals surface area contributed by atoms with E-state index in [0.717, 1.165) is 17.4 Å². The van der Waals surface area contributed by atoms with Crippen molar-refractivity contribution in [1.29, 1.82) is 0 Å². The second-order valence-corrected chi connectivity index (χ2v) is 6.08. The minimum Gasteiger partial charge on any atom is -0.486 e. The molecule has 0 aromatic heterocycles. The molecule has 1 N–H and O–H groups in total. The van der Waals surface area contributed by atoms with Gasteiger partial charge in [0.25, 0.3) is 0 Å². The van der Waals surface area contributed by atoms with E-state index in [9.17, 15) is 0 Å². The fourth-order valence-electron chi connectivity index (χ4n) is 3.38. The SMILES string of the molecule is CCC1CCC(NC(C)c2ccc3c(c2)OCCO3)C1. The summed E-state index contributed by atoms with van der Waals surface area (Å²) < 4.78 is 11.2. The maximum Gasteiger partial charge on any atom is 0.161 e. The van der Waals surface area contributed by atoms with Gasteiger partial charge in [0.2, 0.25) is 0 Å². The molecule has 1 aromatic carbocycles. The first-order valence-electron chi connectivity index (χ1n) is 7.92. The highest BCUT2D eigenvalue weighted by Crippen LogP contribution is 2.34. The van der Waals surface area contributed by atoms with Crippen molar-refractivity contribution in [3.63, 3.8) is 0 Å². The summed E-state index contributed by atoms with van der Waals surface area (Å²) >= 11 is 0. The van der Waals surface area contributed by atoms with Crippen molar-refractivity contribution in [3.05, 3.63) is 23.8 Å². The molecule has 2 aliphatic rings. The lowest BCUT2D eigenvalue weighted by Crippen LogP contribution is -2.29. The summed E-state index contributed by atoms with van der Waals surface area (Å²) in [5.74, 6) is 2.68. The summed E-state index contributed by atoms with van der Waals surface area (Å²) in [5.41, 5.74) is 1.29. The van der Waals surface area contributed by atoms with Gasteiger partial charge in [0.1, 0.15) is 13.2 Å². The molecule has 0 spiro atoms. The molecule has 3 nitrogen and oxygen atoms in total. The molecule has 0 amide bonds. The third kappa shape index (κ3) is 2.93. The smallest absolute Gasteiger partial charge is 0.161 e. The average Bonchev–Trinajstić information content (AvgIpc) is 2.94. The molecule has 1 aliphatic carbocycles. The number of fused-ring (bicyclic) bond motifs is 1. The van der Waals surface area contributed by atoms with Crippen LogP contribution in [0, 0.1) is 5.92 Å². The molecular weight excluding hydrogens is 250 g/mol. The van der Waals surface area contributed by atoms with E-state index >= 15 is 0 Å². The van der Waals surface area contributed by atoms with Crippen LogP contribution in [0.15, 0.2) is 18.2 Å². The normalized spacial score (nSPS) is 26.5.